The lowest BCUT2D eigenvalue weighted by molar-refractivity contribution is 0.269. The number of unbranched alkanes of at least 4 members (excludes halogenated alkanes) is 2. The van der Waals surface area contributed by atoms with Crippen LogP contribution in [-0.4, -0.2) is 31.9 Å². The van der Waals surface area contributed by atoms with E-state index >= 15 is 0 Å². The van der Waals surface area contributed by atoms with Crippen molar-refractivity contribution >= 4 is 20.8 Å². The molecule has 1 saturated heterocycles. The van der Waals surface area contributed by atoms with Gasteiger partial charge in [-0.3, -0.25) is 0 Å². The largest absolute Gasteiger partial charge is 0.493 e. The molecule has 2 aromatic carbocycles. The van der Waals surface area contributed by atoms with Gasteiger partial charge in [0, 0.05) is 23.4 Å². The summed E-state index contributed by atoms with van der Waals surface area (Å²) in [6.45, 7) is 5.43. The molecule has 1 fully saturated rings. The number of benzene rings is 2. The van der Waals surface area contributed by atoms with Crippen molar-refractivity contribution in [3.8, 4) is 5.75 Å². The van der Waals surface area contributed by atoms with E-state index in [1.54, 1.807) is 10.4 Å². The summed E-state index contributed by atoms with van der Waals surface area (Å²) in [5.41, 5.74) is 0. The number of hydrogen-bond donors (Lipinski definition) is 0. The molecule has 4 nitrogen and oxygen atoms in total. The zero-order valence-corrected chi connectivity index (χ0v) is 16.6. The average molecular weight is 376 g/mol. The Morgan fingerprint density at radius 1 is 1.08 bits per heavy atom. The standard InChI is InChI=1S/C21H29NO3S/c1-3-4-9-16-25-20-13-14-21(19-12-6-5-11-18(19)20)26(23,24)22-15-8-7-10-17(22)2/h5-6,11-14,17H,3-4,7-10,15-16H2,1-2H3/t17-/m1/s1. The lowest BCUT2D eigenvalue weighted by Crippen LogP contribution is -2.41. The quantitative estimate of drug-likeness (QED) is 0.642. The highest BCUT2D eigenvalue weighted by Gasteiger charge is 2.32. The van der Waals surface area contributed by atoms with Crippen molar-refractivity contribution in [1.29, 1.82) is 0 Å². The first-order valence-corrected chi connectivity index (χ1v) is 11.2. The molecule has 0 aromatic heterocycles. The van der Waals surface area contributed by atoms with Gasteiger partial charge in [0.05, 0.1) is 11.5 Å². The summed E-state index contributed by atoms with van der Waals surface area (Å²) < 4.78 is 34.2. The highest BCUT2D eigenvalue weighted by Crippen LogP contribution is 2.34. The second-order valence-electron chi connectivity index (χ2n) is 7.12. The molecule has 0 radical (unpaired) electrons. The van der Waals surface area contributed by atoms with Crippen molar-refractivity contribution in [3.05, 3.63) is 36.4 Å². The van der Waals surface area contributed by atoms with Gasteiger partial charge in [-0.1, -0.05) is 50.5 Å². The van der Waals surface area contributed by atoms with Gasteiger partial charge in [0.25, 0.3) is 0 Å². The topological polar surface area (TPSA) is 46.6 Å². The molecule has 5 heteroatoms. The van der Waals surface area contributed by atoms with E-state index in [9.17, 15) is 8.42 Å². The molecular formula is C21H29NO3S. The van der Waals surface area contributed by atoms with Crippen molar-refractivity contribution < 1.29 is 13.2 Å². The third-order valence-corrected chi connectivity index (χ3v) is 7.25. The Morgan fingerprint density at radius 2 is 1.85 bits per heavy atom. The molecule has 1 aliphatic heterocycles. The van der Waals surface area contributed by atoms with Gasteiger partial charge in [0.1, 0.15) is 5.75 Å². The van der Waals surface area contributed by atoms with Gasteiger partial charge < -0.3 is 4.74 Å². The van der Waals surface area contributed by atoms with Crippen molar-refractivity contribution in [1.82, 2.24) is 4.31 Å². The van der Waals surface area contributed by atoms with E-state index in [0.717, 1.165) is 55.0 Å². The maximum Gasteiger partial charge on any atom is 0.243 e. The molecule has 1 heterocycles. The van der Waals surface area contributed by atoms with Crippen LogP contribution >= 0.6 is 0 Å². The maximum atomic E-state index is 13.3. The first-order chi connectivity index (χ1) is 12.6. The van der Waals surface area contributed by atoms with Crippen LogP contribution in [0, 0.1) is 0 Å². The zero-order chi connectivity index (χ0) is 18.6. The number of sulfonamides is 1. The normalized spacial score (nSPS) is 18.9. The molecule has 1 aliphatic rings. The summed E-state index contributed by atoms with van der Waals surface area (Å²) in [4.78, 5) is 0.391. The van der Waals surface area contributed by atoms with Crippen LogP contribution in [0.15, 0.2) is 41.3 Å². The van der Waals surface area contributed by atoms with E-state index in [1.807, 2.05) is 37.3 Å². The maximum absolute atomic E-state index is 13.3. The number of nitrogens with zero attached hydrogens (tertiary/aromatic N) is 1. The molecule has 0 aliphatic carbocycles. The number of fused-ring (bicyclic) bond motifs is 1. The van der Waals surface area contributed by atoms with Crippen LogP contribution in [0.5, 0.6) is 5.75 Å². The average Bonchev–Trinajstić information content (AvgIpc) is 2.65. The summed E-state index contributed by atoms with van der Waals surface area (Å²) in [5, 5.41) is 1.62. The number of hydrogen-bond acceptors (Lipinski definition) is 3. The van der Waals surface area contributed by atoms with Gasteiger partial charge >= 0.3 is 0 Å². The van der Waals surface area contributed by atoms with Crippen LogP contribution in [-0.2, 0) is 10.0 Å². The van der Waals surface area contributed by atoms with E-state index in [1.165, 1.54) is 0 Å². The fourth-order valence-corrected chi connectivity index (χ4v) is 5.58. The highest BCUT2D eigenvalue weighted by atomic mass is 32.2. The number of rotatable bonds is 7. The third-order valence-electron chi connectivity index (χ3n) is 5.18. The Balaban J connectivity index is 1.97. The molecule has 0 saturated carbocycles. The zero-order valence-electron chi connectivity index (χ0n) is 15.8. The van der Waals surface area contributed by atoms with Crippen LogP contribution in [0.25, 0.3) is 10.8 Å². The predicted octanol–water partition coefficient (Wildman–Crippen LogP) is 4.97. The number of ether oxygens (including phenoxy) is 1. The first-order valence-electron chi connectivity index (χ1n) is 9.72. The van der Waals surface area contributed by atoms with E-state index in [-0.39, 0.29) is 6.04 Å². The van der Waals surface area contributed by atoms with Crippen LogP contribution < -0.4 is 4.74 Å². The summed E-state index contributed by atoms with van der Waals surface area (Å²) in [7, 11) is -3.51. The van der Waals surface area contributed by atoms with Gasteiger partial charge in [-0.25, -0.2) is 8.42 Å². The molecule has 26 heavy (non-hydrogen) atoms. The molecule has 0 amide bonds. The van der Waals surface area contributed by atoms with Gasteiger partial charge in [0.2, 0.25) is 10.0 Å². The SMILES string of the molecule is CCCCCOc1ccc(S(=O)(=O)N2CCCC[C@H]2C)c2ccccc12. The van der Waals surface area contributed by atoms with Gasteiger partial charge in [0.15, 0.2) is 0 Å². The van der Waals surface area contributed by atoms with Crippen molar-refractivity contribution in [2.45, 2.75) is 63.3 Å². The van der Waals surface area contributed by atoms with Crippen LogP contribution in [0.3, 0.4) is 0 Å². The Hall–Kier alpha value is -1.59. The Bertz CT molecular complexity index is 847. The number of piperidine rings is 1. The minimum Gasteiger partial charge on any atom is -0.493 e. The minimum absolute atomic E-state index is 0.0532. The van der Waals surface area contributed by atoms with E-state index in [4.69, 9.17) is 4.74 Å². The Morgan fingerprint density at radius 3 is 2.58 bits per heavy atom. The van der Waals surface area contributed by atoms with Crippen LogP contribution in [0.2, 0.25) is 0 Å². The van der Waals surface area contributed by atoms with Crippen LogP contribution in [0.4, 0.5) is 0 Å². The second-order valence-corrected chi connectivity index (χ2v) is 8.98. The fourth-order valence-electron chi connectivity index (χ4n) is 3.68. The summed E-state index contributed by atoms with van der Waals surface area (Å²) >= 11 is 0. The fraction of sp³-hybridized carbons (Fsp3) is 0.524. The van der Waals surface area contributed by atoms with Crippen molar-refractivity contribution in [3.63, 3.8) is 0 Å². The molecule has 0 N–H and O–H groups in total. The van der Waals surface area contributed by atoms with Gasteiger partial charge in [-0.2, -0.15) is 4.31 Å². The second kappa shape index (κ2) is 8.40. The van der Waals surface area contributed by atoms with E-state index in [0.29, 0.717) is 18.0 Å². The highest BCUT2D eigenvalue weighted by molar-refractivity contribution is 7.89. The molecule has 0 unspecified atom stereocenters. The molecule has 1 atom stereocenters. The van der Waals surface area contributed by atoms with E-state index < -0.39 is 10.0 Å². The summed E-state index contributed by atoms with van der Waals surface area (Å²) in [6.07, 6.45) is 6.25. The molecule has 142 valence electrons. The molecule has 3 rings (SSSR count). The van der Waals surface area contributed by atoms with Gasteiger partial charge in [-0.15, -0.1) is 0 Å². The summed E-state index contributed by atoms with van der Waals surface area (Å²) in [5.74, 6) is 0.766. The van der Waals surface area contributed by atoms with E-state index in [2.05, 4.69) is 6.92 Å². The first kappa shape index (κ1) is 19.2. The van der Waals surface area contributed by atoms with Crippen molar-refractivity contribution in [2.75, 3.05) is 13.2 Å². The predicted molar refractivity (Wildman–Crippen MR) is 106 cm³/mol. The Labute approximate surface area is 157 Å². The molecule has 2 aromatic rings. The monoisotopic (exact) mass is 375 g/mol. The van der Waals surface area contributed by atoms with Gasteiger partial charge in [-0.05, 0) is 38.3 Å². The van der Waals surface area contributed by atoms with Crippen LogP contribution in [0.1, 0.15) is 52.4 Å². The smallest absolute Gasteiger partial charge is 0.243 e. The summed E-state index contributed by atoms with van der Waals surface area (Å²) in [6, 6.07) is 11.2. The molecular weight excluding hydrogens is 346 g/mol. The minimum atomic E-state index is -3.51. The third kappa shape index (κ3) is 3.89. The molecule has 0 spiro atoms. The lowest BCUT2D eigenvalue weighted by atomic mass is 10.1. The Kier molecular flexibility index (Phi) is 6.20. The lowest BCUT2D eigenvalue weighted by Gasteiger charge is -2.32. The molecule has 0 bridgehead atoms. The van der Waals surface area contributed by atoms with Crippen molar-refractivity contribution in [2.24, 2.45) is 0 Å².